The Bertz CT molecular complexity index is 8430. The summed E-state index contributed by atoms with van der Waals surface area (Å²) in [5.41, 5.74) is 30.7. The van der Waals surface area contributed by atoms with Gasteiger partial charge in [-0.05, 0) is 246 Å². The fraction of sp³-hybridized carbons (Fsp3) is 0. The molecule has 0 unspecified atom stereocenters. The van der Waals surface area contributed by atoms with Crippen molar-refractivity contribution in [3.63, 3.8) is 0 Å². The van der Waals surface area contributed by atoms with Gasteiger partial charge in [-0.3, -0.25) is 0 Å². The minimum Gasteiger partial charge on any atom is -0.455 e. The van der Waals surface area contributed by atoms with Crippen molar-refractivity contribution in [2.24, 2.45) is 0 Å². The maximum absolute atomic E-state index is 6.70. The van der Waals surface area contributed by atoms with Gasteiger partial charge in [0.15, 0.2) is 0 Å². The Morgan fingerprint density at radius 3 is 0.908 bits per heavy atom. The average molecular weight is 1660 g/mol. The number of furan rings is 2. The molecule has 4 aromatic heterocycles. The zero-order chi connectivity index (χ0) is 85.7. The largest absolute Gasteiger partial charge is 0.455 e. The third kappa shape index (κ3) is 12.9. The van der Waals surface area contributed by atoms with Crippen LogP contribution in [0.15, 0.2) is 494 Å². The molecular weight excluding hydrogens is 1580 g/mol. The molecule has 6 nitrogen and oxygen atoms in total. The third-order valence-electron chi connectivity index (χ3n) is 26.3. The van der Waals surface area contributed by atoms with E-state index in [0.29, 0.717) is 0 Å². The Morgan fingerprint density at radius 2 is 0.485 bits per heavy atom. The van der Waals surface area contributed by atoms with Crippen molar-refractivity contribution in [2.75, 3.05) is 9.80 Å². The Balaban J connectivity index is 0.000000140. The van der Waals surface area contributed by atoms with Crippen LogP contribution in [0.1, 0.15) is 0 Å². The van der Waals surface area contributed by atoms with Crippen LogP contribution in [0.25, 0.3) is 209 Å². The second kappa shape index (κ2) is 31.4. The molecule has 4 heterocycles. The van der Waals surface area contributed by atoms with Gasteiger partial charge >= 0.3 is 0 Å². The third-order valence-corrected chi connectivity index (χ3v) is 26.3. The second-order valence-corrected chi connectivity index (χ2v) is 33.8. The first-order valence-corrected chi connectivity index (χ1v) is 44.5. The summed E-state index contributed by atoms with van der Waals surface area (Å²) in [6, 6.07) is 176. The van der Waals surface area contributed by atoms with E-state index in [4.69, 9.17) is 8.83 Å². The lowest BCUT2D eigenvalue weighted by atomic mass is 9.90. The van der Waals surface area contributed by atoms with Crippen LogP contribution in [0.2, 0.25) is 0 Å². The molecule has 0 saturated carbocycles. The highest BCUT2D eigenvalue weighted by atomic mass is 16.3. The smallest absolute Gasteiger partial charge is 0.143 e. The van der Waals surface area contributed by atoms with Crippen molar-refractivity contribution in [3.8, 4) is 78.1 Å². The molecule has 0 fully saturated rings. The molecule has 0 saturated heterocycles. The Kier molecular flexibility index (Phi) is 18.2. The van der Waals surface area contributed by atoms with Crippen LogP contribution in [0.4, 0.5) is 34.1 Å². The maximum atomic E-state index is 6.70. The molecule has 0 aliphatic carbocycles. The lowest BCUT2D eigenvalue weighted by Gasteiger charge is -2.28. The van der Waals surface area contributed by atoms with Gasteiger partial charge in [-0.15, -0.1) is 0 Å². The molecule has 26 aromatic rings. The summed E-state index contributed by atoms with van der Waals surface area (Å²) in [4.78, 5) is 4.79. The van der Waals surface area contributed by atoms with Gasteiger partial charge in [0, 0.05) is 99.1 Å². The summed E-state index contributed by atoms with van der Waals surface area (Å²) >= 11 is 0. The molecule has 22 aromatic carbocycles. The monoisotopic (exact) mass is 1660 g/mol. The number of hydrogen-bond donors (Lipinski definition) is 0. The van der Waals surface area contributed by atoms with Crippen LogP contribution in [0, 0.1) is 0 Å². The number of benzene rings is 22. The van der Waals surface area contributed by atoms with Gasteiger partial charge < -0.3 is 27.8 Å². The van der Waals surface area contributed by atoms with Gasteiger partial charge in [0.2, 0.25) is 0 Å². The molecular formula is C124H80N4O2. The topological polar surface area (TPSA) is 42.6 Å². The van der Waals surface area contributed by atoms with Crippen molar-refractivity contribution in [2.45, 2.75) is 0 Å². The zero-order valence-electron chi connectivity index (χ0n) is 70.8. The molecule has 26 rings (SSSR count). The van der Waals surface area contributed by atoms with Crippen molar-refractivity contribution in [1.82, 2.24) is 9.13 Å². The first kappa shape index (κ1) is 75.2. The van der Waals surface area contributed by atoms with Crippen LogP contribution in [-0.2, 0) is 0 Å². The number of hydrogen-bond acceptors (Lipinski definition) is 4. The van der Waals surface area contributed by atoms with Crippen LogP contribution in [0.3, 0.4) is 0 Å². The first-order chi connectivity index (χ1) is 64.5. The number of para-hydroxylation sites is 10. The lowest BCUT2D eigenvalue weighted by molar-refractivity contribution is 0.669. The summed E-state index contributed by atoms with van der Waals surface area (Å²) in [6.07, 6.45) is 0. The lowest BCUT2D eigenvalue weighted by Crippen LogP contribution is -2.10. The summed E-state index contributed by atoms with van der Waals surface area (Å²) in [7, 11) is 0. The van der Waals surface area contributed by atoms with Gasteiger partial charge in [-0.25, -0.2) is 0 Å². The number of nitrogens with zero attached hydrogens (tertiary/aromatic N) is 4. The molecule has 0 spiro atoms. The first-order valence-electron chi connectivity index (χ1n) is 44.5. The van der Waals surface area contributed by atoms with Crippen molar-refractivity contribution >= 4 is 165 Å². The predicted octanol–water partition coefficient (Wildman–Crippen LogP) is 34.9. The molecule has 0 aliphatic rings. The zero-order valence-corrected chi connectivity index (χ0v) is 70.8. The second-order valence-electron chi connectivity index (χ2n) is 33.8. The average Bonchev–Trinajstić information content (AvgIpc) is 1.53. The van der Waals surface area contributed by atoms with E-state index in [1.165, 1.54) is 86.7 Å². The number of rotatable bonds is 14. The molecule has 130 heavy (non-hydrogen) atoms. The van der Waals surface area contributed by atoms with Crippen LogP contribution >= 0.6 is 0 Å². The Hall–Kier alpha value is -17.3. The SMILES string of the molecule is c1ccc(N(c2ccc3ccccc3c2)c2ccc(-c3cc(-c4ccc5c6ccccc6n(-c6ccccc6)c5c4)cc(-c4cccc5c4oc4ccccc45)c3)c3ccccc23)cc1.c1ccc(N(c2ccc3ccccc3c2)c2ccc(-c3cc(-c4ccc5c6ccccc6n(-c6ccccc6)c5c4)cc(-c4cccc5c4oc4ccccc45)c3)c3ccccc23)cc1. The van der Waals surface area contributed by atoms with Gasteiger partial charge in [0.25, 0.3) is 0 Å². The highest BCUT2D eigenvalue weighted by molar-refractivity contribution is 6.17. The fourth-order valence-electron chi connectivity index (χ4n) is 20.3. The number of anilines is 6. The summed E-state index contributed by atoms with van der Waals surface area (Å²) in [5, 5.41) is 19.0. The van der Waals surface area contributed by atoms with Crippen LogP contribution < -0.4 is 9.80 Å². The van der Waals surface area contributed by atoms with E-state index < -0.39 is 0 Å². The molecule has 0 atom stereocenters. The predicted molar refractivity (Wildman–Crippen MR) is 548 cm³/mol. The van der Waals surface area contributed by atoms with E-state index in [2.05, 4.69) is 492 Å². The van der Waals surface area contributed by atoms with Gasteiger partial charge in [0.1, 0.15) is 22.3 Å². The van der Waals surface area contributed by atoms with Crippen molar-refractivity contribution in [3.05, 3.63) is 485 Å². The molecule has 0 aliphatic heterocycles. The molecule has 0 bridgehead atoms. The van der Waals surface area contributed by atoms with Crippen LogP contribution in [0.5, 0.6) is 0 Å². The Morgan fingerprint density at radius 1 is 0.162 bits per heavy atom. The van der Waals surface area contributed by atoms with E-state index in [1.54, 1.807) is 0 Å². The van der Waals surface area contributed by atoms with E-state index in [0.717, 1.165) is 156 Å². The summed E-state index contributed by atoms with van der Waals surface area (Å²) in [5.74, 6) is 0. The van der Waals surface area contributed by atoms with Gasteiger partial charge in [-0.1, -0.05) is 328 Å². The van der Waals surface area contributed by atoms with E-state index >= 15 is 0 Å². The highest BCUT2D eigenvalue weighted by Gasteiger charge is 2.26. The van der Waals surface area contributed by atoms with Gasteiger partial charge in [0.05, 0.1) is 33.4 Å². The maximum Gasteiger partial charge on any atom is 0.143 e. The highest BCUT2D eigenvalue weighted by Crippen LogP contribution is 2.50. The summed E-state index contributed by atoms with van der Waals surface area (Å²) in [6.45, 7) is 0. The van der Waals surface area contributed by atoms with Crippen molar-refractivity contribution < 1.29 is 8.83 Å². The number of fused-ring (bicyclic) bond motifs is 16. The molecule has 0 radical (unpaired) electrons. The van der Waals surface area contributed by atoms with Gasteiger partial charge in [-0.2, -0.15) is 0 Å². The van der Waals surface area contributed by atoms with E-state index in [-0.39, 0.29) is 0 Å². The van der Waals surface area contributed by atoms with E-state index in [1.807, 2.05) is 12.1 Å². The normalized spacial score (nSPS) is 11.7. The molecule has 0 amide bonds. The Labute approximate surface area is 750 Å². The fourth-order valence-corrected chi connectivity index (χ4v) is 20.3. The number of aromatic nitrogens is 2. The standard InChI is InChI=1S/2C62H40N2O/c2*1-3-18-47(19-4-1)63(49-32-30-41-16-7-8-17-42(41)39-49)59-35-34-50(52-22-9-10-23-53(52)59)45-36-44(37-46(38-45)51-26-15-27-57-56-25-12-14-29-61(56)65-62(51)57)43-31-33-55-54-24-11-13-28-58(54)64(60(55)40-43)48-20-5-2-6-21-48/h2*1-40H. The summed E-state index contributed by atoms with van der Waals surface area (Å²) < 4.78 is 18.2. The quantitative estimate of drug-likeness (QED) is 0.109. The van der Waals surface area contributed by atoms with Crippen molar-refractivity contribution in [1.29, 1.82) is 0 Å². The minimum absolute atomic E-state index is 0.890. The molecule has 6 heteroatoms. The minimum atomic E-state index is 0.890. The van der Waals surface area contributed by atoms with E-state index in [9.17, 15) is 0 Å². The molecule has 0 N–H and O–H groups in total. The van der Waals surface area contributed by atoms with Crippen LogP contribution in [-0.4, -0.2) is 9.13 Å². The molecule has 608 valence electrons.